The molecule has 0 saturated carbocycles. The van der Waals surface area contributed by atoms with E-state index in [2.05, 4.69) is 5.32 Å². The first-order chi connectivity index (χ1) is 12.2. The maximum Gasteiger partial charge on any atom is 0.328 e. The van der Waals surface area contributed by atoms with E-state index in [1.165, 1.54) is 14.0 Å². The minimum atomic E-state index is -1.01. The average molecular weight is 365 g/mol. The second kappa shape index (κ2) is 10.4. The van der Waals surface area contributed by atoms with E-state index in [-0.39, 0.29) is 18.1 Å². The number of methoxy groups -OCH3 is 1. The summed E-state index contributed by atoms with van der Waals surface area (Å²) in [6.45, 7) is 5.08. The Balaban J connectivity index is 2.78. The lowest BCUT2D eigenvalue weighted by atomic mass is 10.0. The van der Waals surface area contributed by atoms with Crippen LogP contribution in [0.2, 0.25) is 0 Å². The van der Waals surface area contributed by atoms with Gasteiger partial charge in [0.05, 0.1) is 7.11 Å². The van der Waals surface area contributed by atoms with Crippen molar-refractivity contribution in [2.24, 2.45) is 5.92 Å². The fraction of sp³-hybridized carbons (Fsp3) is 0.526. The number of phenolic OH excluding ortho intramolecular Hbond substituents is 1. The standard InChI is InChI=1S/C19H27NO6/c1-12(2)11-16(19(24)25-4)20-18(23)17(26-13(3)21)10-7-14-5-8-15(22)9-6-14/h5-6,8-9,12,16-17,22H,7,10-11H2,1-4H3,(H,20,23)/t16-,17-/m0/s1. The molecule has 1 aromatic carbocycles. The van der Waals surface area contributed by atoms with Gasteiger partial charge in [-0.25, -0.2) is 4.79 Å². The molecule has 0 heterocycles. The van der Waals surface area contributed by atoms with Crippen molar-refractivity contribution in [2.75, 3.05) is 7.11 Å². The third-order valence-electron chi connectivity index (χ3n) is 3.74. The summed E-state index contributed by atoms with van der Waals surface area (Å²) in [7, 11) is 1.26. The highest BCUT2D eigenvalue weighted by molar-refractivity contribution is 5.88. The fourth-order valence-corrected chi connectivity index (χ4v) is 2.50. The van der Waals surface area contributed by atoms with Gasteiger partial charge in [-0.2, -0.15) is 0 Å². The van der Waals surface area contributed by atoms with Crippen LogP contribution < -0.4 is 5.32 Å². The highest BCUT2D eigenvalue weighted by atomic mass is 16.5. The van der Waals surface area contributed by atoms with E-state index in [9.17, 15) is 19.5 Å². The lowest BCUT2D eigenvalue weighted by Gasteiger charge is -2.22. The first kappa shape index (κ1) is 21.5. The third kappa shape index (κ3) is 7.55. The molecule has 1 amide bonds. The van der Waals surface area contributed by atoms with Crippen LogP contribution in [-0.4, -0.2) is 42.2 Å². The molecule has 0 unspecified atom stereocenters. The molecule has 0 aromatic heterocycles. The van der Waals surface area contributed by atoms with E-state index in [1.54, 1.807) is 24.3 Å². The van der Waals surface area contributed by atoms with Crippen molar-refractivity contribution in [3.8, 4) is 5.75 Å². The Morgan fingerprint density at radius 2 is 1.77 bits per heavy atom. The molecule has 0 aliphatic carbocycles. The molecule has 0 fully saturated rings. The normalized spacial score (nSPS) is 13.0. The summed E-state index contributed by atoms with van der Waals surface area (Å²) in [6.07, 6.45) is 0.133. The molecule has 0 aliphatic heterocycles. The van der Waals surface area contributed by atoms with Crippen molar-refractivity contribution in [3.63, 3.8) is 0 Å². The van der Waals surface area contributed by atoms with Gasteiger partial charge in [-0.05, 0) is 42.9 Å². The Bertz CT molecular complexity index is 611. The highest BCUT2D eigenvalue weighted by Crippen LogP contribution is 2.14. The number of hydrogen-bond acceptors (Lipinski definition) is 6. The van der Waals surface area contributed by atoms with E-state index in [0.717, 1.165) is 5.56 Å². The van der Waals surface area contributed by atoms with Gasteiger partial charge < -0.3 is 19.9 Å². The van der Waals surface area contributed by atoms with Crippen LogP contribution in [0.4, 0.5) is 0 Å². The maximum absolute atomic E-state index is 12.5. The number of phenols is 1. The zero-order valence-electron chi connectivity index (χ0n) is 15.7. The summed E-state index contributed by atoms with van der Waals surface area (Å²) in [5, 5.41) is 11.9. The second-order valence-electron chi connectivity index (χ2n) is 6.52. The van der Waals surface area contributed by atoms with Crippen LogP contribution >= 0.6 is 0 Å². The smallest absolute Gasteiger partial charge is 0.328 e. The Kier molecular flexibility index (Phi) is 8.61. The molecule has 0 bridgehead atoms. The predicted molar refractivity (Wildman–Crippen MR) is 95.4 cm³/mol. The zero-order chi connectivity index (χ0) is 19.7. The van der Waals surface area contributed by atoms with Crippen LogP contribution in [0.15, 0.2) is 24.3 Å². The number of ether oxygens (including phenoxy) is 2. The van der Waals surface area contributed by atoms with Crippen molar-refractivity contribution in [1.29, 1.82) is 0 Å². The van der Waals surface area contributed by atoms with Crippen LogP contribution in [0.5, 0.6) is 5.75 Å². The largest absolute Gasteiger partial charge is 0.508 e. The van der Waals surface area contributed by atoms with Gasteiger partial charge in [0.2, 0.25) is 0 Å². The molecular weight excluding hydrogens is 338 g/mol. The topological polar surface area (TPSA) is 102 Å². The quantitative estimate of drug-likeness (QED) is 0.649. The van der Waals surface area contributed by atoms with Crippen LogP contribution in [0, 0.1) is 5.92 Å². The summed E-state index contributed by atoms with van der Waals surface area (Å²) < 4.78 is 9.85. The molecule has 0 radical (unpaired) electrons. The molecule has 7 heteroatoms. The minimum absolute atomic E-state index is 0.151. The van der Waals surface area contributed by atoms with Gasteiger partial charge in [0.1, 0.15) is 11.8 Å². The number of esters is 2. The van der Waals surface area contributed by atoms with Crippen molar-refractivity contribution >= 4 is 17.8 Å². The van der Waals surface area contributed by atoms with Crippen molar-refractivity contribution in [2.45, 2.75) is 52.2 Å². The molecule has 7 nitrogen and oxygen atoms in total. The monoisotopic (exact) mass is 365 g/mol. The number of benzene rings is 1. The second-order valence-corrected chi connectivity index (χ2v) is 6.52. The number of nitrogens with one attached hydrogen (secondary N) is 1. The molecule has 0 saturated heterocycles. The van der Waals surface area contributed by atoms with Crippen molar-refractivity contribution in [3.05, 3.63) is 29.8 Å². The van der Waals surface area contributed by atoms with E-state index < -0.39 is 30.0 Å². The highest BCUT2D eigenvalue weighted by Gasteiger charge is 2.28. The van der Waals surface area contributed by atoms with E-state index in [4.69, 9.17) is 9.47 Å². The average Bonchev–Trinajstić information content (AvgIpc) is 2.57. The van der Waals surface area contributed by atoms with Gasteiger partial charge in [-0.15, -0.1) is 0 Å². The van der Waals surface area contributed by atoms with Gasteiger partial charge >= 0.3 is 11.9 Å². The Hall–Kier alpha value is -2.57. The summed E-state index contributed by atoms with van der Waals surface area (Å²) in [5.41, 5.74) is 0.888. The molecule has 2 atom stereocenters. The molecule has 2 N–H and O–H groups in total. The van der Waals surface area contributed by atoms with E-state index in [1.807, 2.05) is 13.8 Å². The molecule has 0 aliphatic rings. The number of aryl methyl sites for hydroxylation is 1. The van der Waals surface area contributed by atoms with Crippen LogP contribution in [0.3, 0.4) is 0 Å². The Morgan fingerprint density at radius 1 is 1.15 bits per heavy atom. The predicted octanol–water partition coefficient (Wildman–Crippen LogP) is 1.96. The van der Waals surface area contributed by atoms with Crippen molar-refractivity contribution in [1.82, 2.24) is 5.32 Å². The molecule has 26 heavy (non-hydrogen) atoms. The number of amides is 1. The minimum Gasteiger partial charge on any atom is -0.508 e. The number of rotatable bonds is 9. The van der Waals surface area contributed by atoms with Gasteiger partial charge in [0.25, 0.3) is 5.91 Å². The number of hydrogen-bond donors (Lipinski definition) is 2. The fourth-order valence-electron chi connectivity index (χ4n) is 2.50. The van der Waals surface area contributed by atoms with Gasteiger partial charge in [0, 0.05) is 6.92 Å². The number of aromatic hydroxyl groups is 1. The molecule has 0 spiro atoms. The number of carbonyl (C=O) groups is 3. The summed E-state index contributed by atoms with van der Waals surface area (Å²) in [5.74, 6) is -1.32. The lowest BCUT2D eigenvalue weighted by molar-refractivity contribution is -0.155. The summed E-state index contributed by atoms with van der Waals surface area (Å²) >= 11 is 0. The Labute approximate surface area is 153 Å². The van der Waals surface area contributed by atoms with Crippen LogP contribution in [0.25, 0.3) is 0 Å². The Morgan fingerprint density at radius 3 is 2.27 bits per heavy atom. The lowest BCUT2D eigenvalue weighted by Crippen LogP contribution is -2.47. The van der Waals surface area contributed by atoms with E-state index >= 15 is 0 Å². The van der Waals surface area contributed by atoms with Gasteiger partial charge in [-0.1, -0.05) is 26.0 Å². The number of carbonyl (C=O) groups excluding carboxylic acids is 3. The van der Waals surface area contributed by atoms with Crippen LogP contribution in [-0.2, 0) is 30.3 Å². The van der Waals surface area contributed by atoms with Gasteiger partial charge in [-0.3, -0.25) is 9.59 Å². The first-order valence-corrected chi connectivity index (χ1v) is 8.56. The van der Waals surface area contributed by atoms with Gasteiger partial charge in [0.15, 0.2) is 6.10 Å². The molecule has 144 valence electrons. The molecule has 1 rings (SSSR count). The molecular formula is C19H27NO6. The zero-order valence-corrected chi connectivity index (χ0v) is 15.7. The van der Waals surface area contributed by atoms with Crippen LogP contribution in [0.1, 0.15) is 39.2 Å². The summed E-state index contributed by atoms with van der Waals surface area (Å²) in [6, 6.07) is 5.76. The maximum atomic E-state index is 12.5. The molecule has 1 aromatic rings. The third-order valence-corrected chi connectivity index (χ3v) is 3.74. The SMILES string of the molecule is COC(=O)[C@H](CC(C)C)NC(=O)[C@H](CCc1ccc(O)cc1)OC(C)=O. The summed E-state index contributed by atoms with van der Waals surface area (Å²) in [4.78, 5) is 35.7. The van der Waals surface area contributed by atoms with Crippen molar-refractivity contribution < 1.29 is 29.0 Å². The van der Waals surface area contributed by atoms with E-state index in [0.29, 0.717) is 12.8 Å². The first-order valence-electron chi connectivity index (χ1n) is 8.56.